The molecule has 1 amide bonds. The molecule has 2 heterocycles. The molecule has 1 aliphatic carbocycles. The lowest BCUT2D eigenvalue weighted by atomic mass is 10.0. The summed E-state index contributed by atoms with van der Waals surface area (Å²) < 4.78 is 19.0. The zero-order valence-corrected chi connectivity index (χ0v) is 15.5. The van der Waals surface area contributed by atoms with Gasteiger partial charge in [0.25, 0.3) is 5.91 Å². The van der Waals surface area contributed by atoms with Crippen LogP contribution in [-0.2, 0) is 19.3 Å². The molecule has 3 aromatic rings. The van der Waals surface area contributed by atoms with Crippen LogP contribution in [0.15, 0.2) is 22.6 Å². The van der Waals surface area contributed by atoms with Gasteiger partial charge in [0, 0.05) is 28.8 Å². The van der Waals surface area contributed by atoms with Crippen LogP contribution in [0.2, 0.25) is 0 Å². The average molecular weight is 372 g/mol. The fourth-order valence-corrected chi connectivity index (χ4v) is 4.64. The molecule has 0 saturated heterocycles. The predicted octanol–water partition coefficient (Wildman–Crippen LogP) is 4.58. The Balaban J connectivity index is 1.34. The van der Waals surface area contributed by atoms with Crippen LogP contribution in [0.25, 0.3) is 11.0 Å². The number of aryl methyl sites for hydroxylation is 4. The highest BCUT2D eigenvalue weighted by Crippen LogP contribution is 2.27. The lowest BCUT2D eigenvalue weighted by Gasteiger charge is -2.06. The summed E-state index contributed by atoms with van der Waals surface area (Å²) in [5.74, 6) is -0.327. The number of hydrogen-bond acceptors (Lipinski definition) is 4. The summed E-state index contributed by atoms with van der Waals surface area (Å²) in [6, 6.07) is 4.29. The molecular weight excluding hydrogens is 351 g/mol. The molecule has 1 aromatic carbocycles. The number of fused-ring (bicyclic) bond motifs is 2. The summed E-state index contributed by atoms with van der Waals surface area (Å²) in [6.07, 6.45) is 6.50. The molecule has 6 heteroatoms. The Kier molecular flexibility index (Phi) is 4.76. The first-order valence-corrected chi connectivity index (χ1v) is 9.88. The van der Waals surface area contributed by atoms with E-state index in [-0.39, 0.29) is 17.5 Å². The van der Waals surface area contributed by atoms with Crippen LogP contribution in [0.1, 0.15) is 51.0 Å². The number of carbonyl (C=O) groups is 1. The van der Waals surface area contributed by atoms with E-state index in [9.17, 15) is 9.18 Å². The molecular formula is C20H21FN2O2S. The molecule has 2 aromatic heterocycles. The fourth-order valence-electron chi connectivity index (χ4n) is 3.44. The molecule has 1 aliphatic rings. The van der Waals surface area contributed by atoms with Gasteiger partial charge in [0.15, 0.2) is 5.76 Å². The van der Waals surface area contributed by atoms with E-state index < -0.39 is 0 Å². The Bertz CT molecular complexity index is 937. The van der Waals surface area contributed by atoms with E-state index in [1.54, 1.807) is 13.0 Å². The number of aromatic nitrogens is 1. The number of thiazole rings is 1. The highest BCUT2D eigenvalue weighted by Gasteiger charge is 2.18. The summed E-state index contributed by atoms with van der Waals surface area (Å²) in [5, 5.41) is 4.71. The fraction of sp³-hybridized carbons (Fsp3) is 0.400. The third kappa shape index (κ3) is 3.38. The van der Waals surface area contributed by atoms with Crippen molar-refractivity contribution >= 4 is 28.2 Å². The minimum Gasteiger partial charge on any atom is -0.451 e. The number of amides is 1. The maximum Gasteiger partial charge on any atom is 0.287 e. The van der Waals surface area contributed by atoms with Crippen LogP contribution in [0.4, 0.5) is 4.39 Å². The highest BCUT2D eigenvalue weighted by molar-refractivity contribution is 7.11. The monoisotopic (exact) mass is 372 g/mol. The summed E-state index contributed by atoms with van der Waals surface area (Å²) in [6.45, 7) is 2.34. The Labute approximate surface area is 155 Å². The number of furan rings is 1. The molecule has 0 unspecified atom stereocenters. The van der Waals surface area contributed by atoms with Gasteiger partial charge < -0.3 is 9.73 Å². The van der Waals surface area contributed by atoms with Crippen LogP contribution in [0, 0.1) is 12.7 Å². The number of nitrogens with zero attached hydrogens (tertiary/aromatic N) is 1. The van der Waals surface area contributed by atoms with Crippen LogP contribution >= 0.6 is 11.3 Å². The normalized spacial score (nSPS) is 13.8. The van der Waals surface area contributed by atoms with E-state index in [0.717, 1.165) is 25.7 Å². The molecule has 0 bridgehead atoms. The van der Waals surface area contributed by atoms with Gasteiger partial charge in [-0.05, 0) is 57.2 Å². The van der Waals surface area contributed by atoms with E-state index in [1.807, 2.05) is 11.3 Å². The van der Waals surface area contributed by atoms with E-state index in [0.29, 0.717) is 23.1 Å². The standard InChI is InChI=1S/C20H21FN2O2S/c1-12-14-11-13(21)8-9-16(14)25-19(12)20(24)22-10-4-7-18-23-15-5-2-3-6-17(15)26-18/h8-9,11H,2-7,10H2,1H3,(H,22,24). The molecule has 0 saturated carbocycles. The minimum atomic E-state index is -0.334. The average Bonchev–Trinajstić information content (AvgIpc) is 3.19. The van der Waals surface area contributed by atoms with Crippen molar-refractivity contribution in [2.24, 2.45) is 0 Å². The molecule has 136 valence electrons. The van der Waals surface area contributed by atoms with Gasteiger partial charge >= 0.3 is 0 Å². The van der Waals surface area contributed by atoms with Crippen molar-refractivity contribution in [1.29, 1.82) is 0 Å². The predicted molar refractivity (Wildman–Crippen MR) is 100 cm³/mol. The number of rotatable bonds is 5. The minimum absolute atomic E-state index is 0.252. The second-order valence-electron chi connectivity index (χ2n) is 6.74. The Hall–Kier alpha value is -2.21. The molecule has 0 spiro atoms. The van der Waals surface area contributed by atoms with Gasteiger partial charge in [0.1, 0.15) is 11.4 Å². The number of benzene rings is 1. The summed E-state index contributed by atoms with van der Waals surface area (Å²) >= 11 is 1.82. The second kappa shape index (κ2) is 7.19. The molecule has 1 N–H and O–H groups in total. The first-order chi connectivity index (χ1) is 12.6. The third-order valence-electron chi connectivity index (χ3n) is 4.85. The zero-order valence-electron chi connectivity index (χ0n) is 14.7. The zero-order chi connectivity index (χ0) is 18.1. The Morgan fingerprint density at radius 1 is 1.35 bits per heavy atom. The van der Waals surface area contributed by atoms with Crippen molar-refractivity contribution in [2.75, 3.05) is 6.54 Å². The van der Waals surface area contributed by atoms with Gasteiger partial charge in [-0.15, -0.1) is 11.3 Å². The van der Waals surface area contributed by atoms with E-state index in [4.69, 9.17) is 9.40 Å². The first kappa shape index (κ1) is 17.2. The SMILES string of the molecule is Cc1c(C(=O)NCCCc2nc3c(s2)CCCC3)oc2ccc(F)cc12. The van der Waals surface area contributed by atoms with Crippen LogP contribution in [-0.4, -0.2) is 17.4 Å². The van der Waals surface area contributed by atoms with Gasteiger partial charge in [0.2, 0.25) is 0 Å². The van der Waals surface area contributed by atoms with Crippen molar-refractivity contribution in [3.63, 3.8) is 0 Å². The van der Waals surface area contributed by atoms with Gasteiger partial charge in [-0.25, -0.2) is 9.37 Å². The molecule has 0 aliphatic heterocycles. The maximum atomic E-state index is 13.4. The maximum absolute atomic E-state index is 13.4. The smallest absolute Gasteiger partial charge is 0.287 e. The summed E-state index contributed by atoms with van der Waals surface area (Å²) in [5.41, 5.74) is 2.48. The van der Waals surface area contributed by atoms with Gasteiger partial charge in [-0.3, -0.25) is 4.79 Å². The van der Waals surface area contributed by atoms with Crippen molar-refractivity contribution in [2.45, 2.75) is 45.4 Å². The Morgan fingerprint density at radius 2 is 2.19 bits per heavy atom. The molecule has 0 fully saturated rings. The van der Waals surface area contributed by atoms with E-state index in [2.05, 4.69) is 5.32 Å². The largest absolute Gasteiger partial charge is 0.451 e. The van der Waals surface area contributed by atoms with Crippen molar-refractivity contribution < 1.29 is 13.6 Å². The van der Waals surface area contributed by atoms with Crippen molar-refractivity contribution in [3.8, 4) is 0 Å². The van der Waals surface area contributed by atoms with E-state index >= 15 is 0 Å². The Morgan fingerprint density at radius 3 is 3.04 bits per heavy atom. The molecule has 26 heavy (non-hydrogen) atoms. The summed E-state index contributed by atoms with van der Waals surface area (Å²) in [7, 11) is 0. The topological polar surface area (TPSA) is 55.1 Å². The van der Waals surface area contributed by atoms with Gasteiger partial charge in [-0.1, -0.05) is 0 Å². The highest BCUT2D eigenvalue weighted by atomic mass is 32.1. The van der Waals surface area contributed by atoms with Crippen LogP contribution < -0.4 is 5.32 Å². The molecule has 0 atom stereocenters. The second-order valence-corrected chi connectivity index (χ2v) is 7.91. The molecule has 4 nitrogen and oxygen atoms in total. The quantitative estimate of drug-likeness (QED) is 0.667. The number of nitrogens with one attached hydrogen (secondary N) is 1. The van der Waals surface area contributed by atoms with Crippen molar-refractivity contribution in [3.05, 3.63) is 50.9 Å². The number of hydrogen-bond donors (Lipinski definition) is 1. The summed E-state index contributed by atoms with van der Waals surface area (Å²) in [4.78, 5) is 18.6. The van der Waals surface area contributed by atoms with Crippen molar-refractivity contribution in [1.82, 2.24) is 10.3 Å². The lowest BCUT2D eigenvalue weighted by molar-refractivity contribution is 0.0927. The lowest BCUT2D eigenvalue weighted by Crippen LogP contribution is -2.24. The molecule has 4 rings (SSSR count). The first-order valence-electron chi connectivity index (χ1n) is 9.06. The van der Waals surface area contributed by atoms with E-state index in [1.165, 1.54) is 40.6 Å². The van der Waals surface area contributed by atoms with Crippen LogP contribution in [0.5, 0.6) is 0 Å². The van der Waals surface area contributed by atoms with Gasteiger partial charge in [0.05, 0.1) is 10.7 Å². The van der Waals surface area contributed by atoms with Gasteiger partial charge in [-0.2, -0.15) is 0 Å². The number of carbonyl (C=O) groups excluding carboxylic acids is 1. The number of halogens is 1. The van der Waals surface area contributed by atoms with Crippen LogP contribution in [0.3, 0.4) is 0 Å². The molecule has 0 radical (unpaired) electrons. The third-order valence-corrected chi connectivity index (χ3v) is 6.06.